The molecule has 0 rings (SSSR count). The monoisotopic (exact) mass is 216 g/mol. The van der Waals surface area contributed by atoms with Gasteiger partial charge in [-0.2, -0.15) is 0 Å². The van der Waals surface area contributed by atoms with E-state index in [0.29, 0.717) is 18.9 Å². The maximum atomic E-state index is 11.1. The van der Waals surface area contributed by atoms with E-state index < -0.39 is 0 Å². The summed E-state index contributed by atoms with van der Waals surface area (Å²) in [4.78, 5) is 11.1. The number of carbonyl (C=O) groups is 1. The van der Waals surface area contributed by atoms with Crippen molar-refractivity contribution in [1.82, 2.24) is 0 Å². The third-order valence-corrected chi connectivity index (χ3v) is 2.55. The Morgan fingerprint density at radius 2 is 1.87 bits per heavy atom. The van der Waals surface area contributed by atoms with Gasteiger partial charge >= 0.3 is 5.97 Å². The summed E-state index contributed by atoms with van der Waals surface area (Å²) in [5.74, 6) is 0.446. The van der Waals surface area contributed by atoms with Crippen molar-refractivity contribution in [3.8, 4) is 0 Å². The average Bonchev–Trinajstić information content (AvgIpc) is 2.14. The molecule has 0 aromatic heterocycles. The lowest BCUT2D eigenvalue weighted by Crippen LogP contribution is -2.17. The first kappa shape index (κ1) is 14.4. The second kappa shape index (κ2) is 7.69. The highest BCUT2D eigenvalue weighted by molar-refractivity contribution is 5.69. The Kier molecular flexibility index (Phi) is 7.39. The number of hydrogen-bond acceptors (Lipinski definition) is 3. The molecule has 0 radical (unpaired) electrons. The van der Waals surface area contributed by atoms with Gasteiger partial charge in [0.2, 0.25) is 0 Å². The number of ether oxygens (including phenoxy) is 1. The molecule has 0 aliphatic rings. The standard InChI is InChI=1S/C12H24O3/c1-5-15-12(14)8-10(4)6-7-11(13)9(2)3/h9-11,13H,5-8H2,1-4H3. The van der Waals surface area contributed by atoms with Gasteiger partial charge in [-0.15, -0.1) is 0 Å². The summed E-state index contributed by atoms with van der Waals surface area (Å²) in [5, 5.41) is 9.60. The zero-order valence-electron chi connectivity index (χ0n) is 10.3. The molecule has 3 heteroatoms. The Hall–Kier alpha value is -0.570. The van der Waals surface area contributed by atoms with Gasteiger partial charge in [0, 0.05) is 6.42 Å². The molecule has 90 valence electrons. The Bertz CT molecular complexity index is 178. The summed E-state index contributed by atoms with van der Waals surface area (Å²) in [7, 11) is 0. The fourth-order valence-corrected chi connectivity index (χ4v) is 1.40. The molecule has 0 aliphatic carbocycles. The SMILES string of the molecule is CCOC(=O)CC(C)CCC(O)C(C)C. The molecule has 0 fully saturated rings. The number of hydrogen-bond donors (Lipinski definition) is 1. The molecule has 0 aromatic carbocycles. The summed E-state index contributed by atoms with van der Waals surface area (Å²) < 4.78 is 4.87. The predicted molar refractivity (Wildman–Crippen MR) is 60.5 cm³/mol. The van der Waals surface area contributed by atoms with Gasteiger partial charge in [-0.3, -0.25) is 4.79 Å². The minimum absolute atomic E-state index is 0.135. The molecule has 2 unspecified atom stereocenters. The van der Waals surface area contributed by atoms with Gasteiger partial charge in [-0.1, -0.05) is 20.8 Å². The fraction of sp³-hybridized carbons (Fsp3) is 0.917. The first-order chi connectivity index (χ1) is 6.97. The van der Waals surface area contributed by atoms with Gasteiger partial charge < -0.3 is 9.84 Å². The molecule has 0 spiro atoms. The van der Waals surface area contributed by atoms with E-state index in [1.807, 2.05) is 27.7 Å². The van der Waals surface area contributed by atoms with E-state index in [2.05, 4.69) is 0 Å². The molecule has 0 heterocycles. The summed E-state index contributed by atoms with van der Waals surface area (Å²) in [6.45, 7) is 8.27. The van der Waals surface area contributed by atoms with Crippen LogP contribution in [0, 0.1) is 11.8 Å². The average molecular weight is 216 g/mol. The summed E-state index contributed by atoms with van der Waals surface area (Å²) in [6, 6.07) is 0. The molecular formula is C12H24O3. The lowest BCUT2D eigenvalue weighted by Gasteiger charge is -2.16. The van der Waals surface area contributed by atoms with Crippen molar-refractivity contribution in [1.29, 1.82) is 0 Å². The molecule has 0 bridgehead atoms. The second-order valence-electron chi connectivity index (χ2n) is 4.50. The van der Waals surface area contributed by atoms with Gasteiger partial charge in [0.1, 0.15) is 0 Å². The maximum absolute atomic E-state index is 11.1. The van der Waals surface area contributed by atoms with Crippen LogP contribution in [-0.2, 0) is 9.53 Å². The number of esters is 1. The zero-order valence-corrected chi connectivity index (χ0v) is 10.3. The molecule has 0 amide bonds. The Labute approximate surface area is 92.8 Å². The Morgan fingerprint density at radius 1 is 1.27 bits per heavy atom. The molecule has 0 saturated heterocycles. The topological polar surface area (TPSA) is 46.5 Å². The molecule has 2 atom stereocenters. The first-order valence-electron chi connectivity index (χ1n) is 5.81. The van der Waals surface area contributed by atoms with Crippen molar-refractivity contribution in [2.45, 2.75) is 53.1 Å². The van der Waals surface area contributed by atoms with Crippen molar-refractivity contribution in [3.05, 3.63) is 0 Å². The number of aliphatic hydroxyl groups is 1. The van der Waals surface area contributed by atoms with E-state index in [-0.39, 0.29) is 18.0 Å². The fourth-order valence-electron chi connectivity index (χ4n) is 1.40. The highest BCUT2D eigenvalue weighted by Gasteiger charge is 2.14. The van der Waals surface area contributed by atoms with Crippen LogP contribution in [0.4, 0.5) is 0 Å². The molecule has 0 aromatic rings. The molecule has 0 saturated carbocycles. The Balaban J connectivity index is 3.65. The van der Waals surface area contributed by atoms with Crippen LogP contribution >= 0.6 is 0 Å². The van der Waals surface area contributed by atoms with Gasteiger partial charge in [-0.05, 0) is 31.6 Å². The second-order valence-corrected chi connectivity index (χ2v) is 4.50. The van der Waals surface area contributed by atoms with Crippen LogP contribution < -0.4 is 0 Å². The van der Waals surface area contributed by atoms with Gasteiger partial charge in [0.05, 0.1) is 12.7 Å². The lowest BCUT2D eigenvalue weighted by atomic mass is 9.95. The molecule has 1 N–H and O–H groups in total. The van der Waals surface area contributed by atoms with E-state index in [1.54, 1.807) is 0 Å². The number of aliphatic hydroxyl groups excluding tert-OH is 1. The van der Waals surface area contributed by atoms with Crippen molar-refractivity contribution in [2.24, 2.45) is 11.8 Å². The minimum atomic E-state index is -0.255. The molecular weight excluding hydrogens is 192 g/mol. The summed E-state index contributed by atoms with van der Waals surface area (Å²) in [5.41, 5.74) is 0. The van der Waals surface area contributed by atoms with E-state index in [0.717, 1.165) is 12.8 Å². The zero-order chi connectivity index (χ0) is 11.8. The Morgan fingerprint density at radius 3 is 2.33 bits per heavy atom. The normalized spacial score (nSPS) is 15.1. The molecule has 3 nitrogen and oxygen atoms in total. The van der Waals surface area contributed by atoms with E-state index in [4.69, 9.17) is 4.74 Å². The largest absolute Gasteiger partial charge is 0.466 e. The number of rotatable bonds is 7. The van der Waals surface area contributed by atoms with Crippen LogP contribution in [0.5, 0.6) is 0 Å². The van der Waals surface area contributed by atoms with E-state index >= 15 is 0 Å². The predicted octanol–water partition coefficient (Wildman–Crippen LogP) is 2.37. The lowest BCUT2D eigenvalue weighted by molar-refractivity contribution is -0.144. The van der Waals surface area contributed by atoms with Crippen molar-refractivity contribution < 1.29 is 14.6 Å². The molecule has 15 heavy (non-hydrogen) atoms. The quantitative estimate of drug-likeness (QED) is 0.665. The van der Waals surface area contributed by atoms with Crippen LogP contribution in [0.2, 0.25) is 0 Å². The van der Waals surface area contributed by atoms with Gasteiger partial charge in [0.15, 0.2) is 0 Å². The van der Waals surface area contributed by atoms with Crippen LogP contribution in [-0.4, -0.2) is 23.8 Å². The summed E-state index contributed by atoms with van der Waals surface area (Å²) in [6.07, 6.45) is 1.84. The van der Waals surface area contributed by atoms with Crippen LogP contribution in [0.25, 0.3) is 0 Å². The van der Waals surface area contributed by atoms with Crippen LogP contribution in [0.3, 0.4) is 0 Å². The van der Waals surface area contributed by atoms with Gasteiger partial charge in [-0.25, -0.2) is 0 Å². The van der Waals surface area contributed by atoms with Crippen LogP contribution in [0.15, 0.2) is 0 Å². The van der Waals surface area contributed by atoms with E-state index in [9.17, 15) is 9.90 Å². The van der Waals surface area contributed by atoms with Crippen LogP contribution in [0.1, 0.15) is 47.0 Å². The third kappa shape index (κ3) is 7.37. The van der Waals surface area contributed by atoms with E-state index in [1.165, 1.54) is 0 Å². The summed E-state index contributed by atoms with van der Waals surface area (Å²) >= 11 is 0. The third-order valence-electron chi connectivity index (χ3n) is 2.55. The first-order valence-corrected chi connectivity index (χ1v) is 5.81. The van der Waals surface area contributed by atoms with Crippen molar-refractivity contribution in [2.75, 3.05) is 6.61 Å². The highest BCUT2D eigenvalue weighted by Crippen LogP contribution is 2.16. The van der Waals surface area contributed by atoms with Crippen molar-refractivity contribution >= 4 is 5.97 Å². The molecule has 0 aliphatic heterocycles. The maximum Gasteiger partial charge on any atom is 0.306 e. The number of carbonyl (C=O) groups excluding carboxylic acids is 1. The van der Waals surface area contributed by atoms with Gasteiger partial charge in [0.25, 0.3) is 0 Å². The smallest absolute Gasteiger partial charge is 0.306 e. The minimum Gasteiger partial charge on any atom is -0.466 e. The van der Waals surface area contributed by atoms with Crippen molar-refractivity contribution in [3.63, 3.8) is 0 Å². The highest BCUT2D eigenvalue weighted by atomic mass is 16.5.